The predicted octanol–water partition coefficient (Wildman–Crippen LogP) is 3.08. The van der Waals surface area contributed by atoms with Gasteiger partial charge in [-0.1, -0.05) is 32.1 Å². The van der Waals surface area contributed by atoms with Crippen molar-refractivity contribution in [3.63, 3.8) is 0 Å². The molecule has 6 nitrogen and oxygen atoms in total. The average molecular weight is 344 g/mol. The molecule has 0 radical (unpaired) electrons. The quantitative estimate of drug-likeness (QED) is 0.688. The van der Waals surface area contributed by atoms with Crippen LogP contribution < -0.4 is 10.6 Å². The number of piperidine rings is 1. The minimum Gasteiger partial charge on any atom is -0.478 e. The fraction of sp³-hybridized carbons (Fsp3) is 0.632. The minimum atomic E-state index is -0.983. The SMILES string of the molecule is O=C(O)/C=C/c1cnc(N[C@@]2(CC3CCCCC3)CCCNC2)cn1. The van der Waals surface area contributed by atoms with E-state index in [2.05, 4.69) is 20.6 Å². The first-order valence-corrected chi connectivity index (χ1v) is 9.37. The van der Waals surface area contributed by atoms with Crippen LogP contribution in [0.1, 0.15) is 57.1 Å². The van der Waals surface area contributed by atoms with Gasteiger partial charge in [-0.25, -0.2) is 9.78 Å². The zero-order chi connectivity index (χ0) is 17.5. The van der Waals surface area contributed by atoms with E-state index in [1.807, 2.05) is 0 Å². The van der Waals surface area contributed by atoms with Crippen LogP contribution in [0.4, 0.5) is 5.82 Å². The summed E-state index contributed by atoms with van der Waals surface area (Å²) in [5.74, 6) is 0.586. The van der Waals surface area contributed by atoms with Gasteiger partial charge in [0.05, 0.1) is 23.6 Å². The number of carboxylic acid groups (broad SMARTS) is 1. The molecule has 0 aromatic carbocycles. The lowest BCUT2D eigenvalue weighted by atomic mass is 9.76. The number of nitrogens with one attached hydrogen (secondary N) is 2. The van der Waals surface area contributed by atoms with Gasteiger partial charge in [0.2, 0.25) is 0 Å². The van der Waals surface area contributed by atoms with E-state index in [1.54, 1.807) is 12.4 Å². The van der Waals surface area contributed by atoms with Crippen molar-refractivity contribution in [2.24, 2.45) is 5.92 Å². The number of hydrogen-bond acceptors (Lipinski definition) is 5. The molecular weight excluding hydrogens is 316 g/mol. The van der Waals surface area contributed by atoms with Crippen molar-refractivity contribution in [2.75, 3.05) is 18.4 Å². The first kappa shape index (κ1) is 17.9. The second kappa shape index (κ2) is 8.43. The molecule has 2 fully saturated rings. The Kier molecular flexibility index (Phi) is 6.02. The number of nitrogens with zero attached hydrogens (tertiary/aromatic N) is 2. The summed E-state index contributed by atoms with van der Waals surface area (Å²) in [6.45, 7) is 2.05. The summed E-state index contributed by atoms with van der Waals surface area (Å²) in [6.07, 6.45) is 16.1. The van der Waals surface area contributed by atoms with E-state index in [4.69, 9.17) is 5.11 Å². The molecule has 1 aliphatic carbocycles. The van der Waals surface area contributed by atoms with Crippen LogP contribution in [0.5, 0.6) is 0 Å². The van der Waals surface area contributed by atoms with Crippen molar-refractivity contribution in [3.05, 3.63) is 24.2 Å². The molecule has 3 N–H and O–H groups in total. The average Bonchev–Trinajstić information content (AvgIpc) is 2.62. The topological polar surface area (TPSA) is 87.1 Å². The number of carbonyl (C=O) groups is 1. The molecule has 2 heterocycles. The van der Waals surface area contributed by atoms with Gasteiger partial charge in [0.25, 0.3) is 0 Å². The molecule has 2 aliphatic rings. The third-order valence-electron chi connectivity index (χ3n) is 5.34. The van der Waals surface area contributed by atoms with E-state index in [9.17, 15) is 4.79 Å². The van der Waals surface area contributed by atoms with Gasteiger partial charge in [-0.2, -0.15) is 0 Å². The molecule has 0 unspecified atom stereocenters. The Labute approximate surface area is 149 Å². The Bertz CT molecular complexity index is 588. The molecule has 6 heteroatoms. The summed E-state index contributed by atoms with van der Waals surface area (Å²) < 4.78 is 0. The molecule has 1 aromatic heterocycles. The maximum atomic E-state index is 10.6. The third-order valence-corrected chi connectivity index (χ3v) is 5.34. The van der Waals surface area contributed by atoms with Crippen LogP contribution in [0.3, 0.4) is 0 Å². The smallest absolute Gasteiger partial charge is 0.328 e. The maximum Gasteiger partial charge on any atom is 0.328 e. The second-order valence-electron chi connectivity index (χ2n) is 7.39. The van der Waals surface area contributed by atoms with Crippen LogP contribution in [-0.4, -0.2) is 39.7 Å². The van der Waals surface area contributed by atoms with Gasteiger partial charge in [0.15, 0.2) is 0 Å². The van der Waals surface area contributed by atoms with E-state index in [-0.39, 0.29) is 5.54 Å². The molecule has 1 saturated carbocycles. The van der Waals surface area contributed by atoms with E-state index in [0.717, 1.165) is 37.3 Å². The highest BCUT2D eigenvalue weighted by atomic mass is 16.4. The summed E-state index contributed by atoms with van der Waals surface area (Å²) in [4.78, 5) is 19.3. The lowest BCUT2D eigenvalue weighted by molar-refractivity contribution is -0.131. The second-order valence-corrected chi connectivity index (χ2v) is 7.39. The van der Waals surface area contributed by atoms with Crippen molar-refractivity contribution in [1.29, 1.82) is 0 Å². The Morgan fingerprint density at radius 3 is 2.76 bits per heavy atom. The van der Waals surface area contributed by atoms with Crippen molar-refractivity contribution in [3.8, 4) is 0 Å². The number of aromatic nitrogens is 2. The molecule has 1 saturated heterocycles. The van der Waals surface area contributed by atoms with Crippen LogP contribution in [0, 0.1) is 5.92 Å². The maximum absolute atomic E-state index is 10.6. The molecule has 25 heavy (non-hydrogen) atoms. The van der Waals surface area contributed by atoms with Crippen molar-refractivity contribution < 1.29 is 9.90 Å². The Hall–Kier alpha value is -1.95. The van der Waals surface area contributed by atoms with Gasteiger partial charge in [-0.15, -0.1) is 0 Å². The van der Waals surface area contributed by atoms with Gasteiger partial charge in [0, 0.05) is 12.6 Å². The Balaban J connectivity index is 1.68. The van der Waals surface area contributed by atoms with Crippen LogP contribution >= 0.6 is 0 Å². The van der Waals surface area contributed by atoms with Crippen molar-refractivity contribution in [2.45, 2.75) is 56.9 Å². The molecule has 3 rings (SSSR count). The molecule has 0 spiro atoms. The molecule has 136 valence electrons. The summed E-state index contributed by atoms with van der Waals surface area (Å²) in [5.41, 5.74) is 0.601. The third kappa shape index (κ3) is 5.26. The number of carboxylic acids is 1. The lowest BCUT2D eigenvalue weighted by Crippen LogP contribution is -2.52. The van der Waals surface area contributed by atoms with E-state index in [0.29, 0.717) is 5.69 Å². The van der Waals surface area contributed by atoms with Crippen molar-refractivity contribution >= 4 is 17.9 Å². The zero-order valence-corrected chi connectivity index (χ0v) is 14.7. The molecule has 1 atom stereocenters. The molecular formula is C19H28N4O2. The Morgan fingerprint density at radius 1 is 1.28 bits per heavy atom. The van der Waals surface area contributed by atoms with E-state index < -0.39 is 5.97 Å². The molecule has 0 amide bonds. The molecule has 0 bridgehead atoms. The highest BCUT2D eigenvalue weighted by Gasteiger charge is 2.35. The van der Waals surface area contributed by atoms with Gasteiger partial charge < -0.3 is 15.7 Å². The van der Waals surface area contributed by atoms with Gasteiger partial charge in [-0.05, 0) is 37.8 Å². The fourth-order valence-corrected chi connectivity index (χ4v) is 4.16. The van der Waals surface area contributed by atoms with E-state index >= 15 is 0 Å². The molecule has 1 aliphatic heterocycles. The fourth-order valence-electron chi connectivity index (χ4n) is 4.16. The van der Waals surface area contributed by atoms with Gasteiger partial charge >= 0.3 is 5.97 Å². The first-order chi connectivity index (χ1) is 12.2. The summed E-state index contributed by atoms with van der Waals surface area (Å²) >= 11 is 0. The lowest BCUT2D eigenvalue weighted by Gasteiger charge is -2.42. The van der Waals surface area contributed by atoms with Crippen molar-refractivity contribution in [1.82, 2.24) is 15.3 Å². The van der Waals surface area contributed by atoms with Crippen LogP contribution in [-0.2, 0) is 4.79 Å². The highest BCUT2D eigenvalue weighted by Crippen LogP contribution is 2.35. The Morgan fingerprint density at radius 2 is 2.12 bits per heavy atom. The summed E-state index contributed by atoms with van der Waals surface area (Å²) in [6, 6.07) is 0. The predicted molar refractivity (Wildman–Crippen MR) is 98.4 cm³/mol. The monoisotopic (exact) mass is 344 g/mol. The summed E-state index contributed by atoms with van der Waals surface area (Å²) in [7, 11) is 0. The molecule has 1 aromatic rings. The van der Waals surface area contributed by atoms with Gasteiger partial charge in [0.1, 0.15) is 5.82 Å². The van der Waals surface area contributed by atoms with Gasteiger partial charge in [-0.3, -0.25) is 4.98 Å². The number of anilines is 1. The largest absolute Gasteiger partial charge is 0.478 e. The van der Waals surface area contributed by atoms with E-state index in [1.165, 1.54) is 51.0 Å². The normalized spacial score (nSPS) is 25.1. The first-order valence-electron chi connectivity index (χ1n) is 9.37. The number of hydrogen-bond donors (Lipinski definition) is 3. The van der Waals surface area contributed by atoms with Crippen LogP contribution in [0.15, 0.2) is 18.5 Å². The standard InChI is InChI=1S/C19H28N4O2/c24-18(25)8-7-16-12-22-17(13-21-16)23-19(9-4-10-20-14-19)11-15-5-2-1-3-6-15/h7-8,12-13,15,20H,1-6,9-11,14H2,(H,22,23)(H,24,25)/b8-7+/t19-/m1/s1. The number of aliphatic carboxylic acids is 1. The van der Waals surface area contributed by atoms with Crippen LogP contribution in [0.25, 0.3) is 6.08 Å². The van der Waals surface area contributed by atoms with Crippen LogP contribution in [0.2, 0.25) is 0 Å². The highest BCUT2D eigenvalue weighted by molar-refractivity contribution is 5.84. The minimum absolute atomic E-state index is 0.0490. The number of rotatable bonds is 6. The summed E-state index contributed by atoms with van der Waals surface area (Å²) in [5, 5.41) is 15.9. The zero-order valence-electron chi connectivity index (χ0n) is 14.7.